The van der Waals surface area contributed by atoms with E-state index in [4.69, 9.17) is 4.74 Å². The summed E-state index contributed by atoms with van der Waals surface area (Å²) in [4.78, 5) is 10.0. The van der Waals surface area contributed by atoms with Gasteiger partial charge in [0.05, 0.1) is 0 Å². The Labute approximate surface area is 79.3 Å². The van der Waals surface area contributed by atoms with Gasteiger partial charge in [-0.3, -0.25) is 4.79 Å². The van der Waals surface area contributed by atoms with Crippen LogP contribution in [0.15, 0.2) is 23.8 Å². The number of carbonyl (C=O) groups excluding carboxylic acids is 1. The van der Waals surface area contributed by atoms with Crippen LogP contribution in [0.4, 0.5) is 0 Å². The monoisotopic (exact) mass is 180 g/mol. The molecule has 0 radical (unpaired) electrons. The van der Waals surface area contributed by atoms with E-state index in [1.54, 1.807) is 0 Å². The predicted molar refractivity (Wildman–Crippen MR) is 52.3 cm³/mol. The van der Waals surface area contributed by atoms with Gasteiger partial charge < -0.3 is 4.74 Å². The highest BCUT2D eigenvalue weighted by Crippen LogP contribution is 2.17. The molecule has 0 saturated heterocycles. The molecule has 1 rings (SSSR count). The zero-order chi connectivity index (χ0) is 9.52. The Morgan fingerprint density at radius 2 is 2.46 bits per heavy atom. The molecular formula is C11H16O2. The van der Waals surface area contributed by atoms with Crippen LogP contribution in [-0.2, 0) is 9.53 Å². The molecule has 0 aromatic heterocycles. The third-order valence-corrected chi connectivity index (χ3v) is 2.21. The van der Waals surface area contributed by atoms with Crippen molar-refractivity contribution in [3.63, 3.8) is 0 Å². The van der Waals surface area contributed by atoms with Crippen LogP contribution in [0.5, 0.6) is 0 Å². The molecule has 1 unspecified atom stereocenters. The van der Waals surface area contributed by atoms with Crippen molar-refractivity contribution in [2.75, 3.05) is 0 Å². The summed E-state index contributed by atoms with van der Waals surface area (Å²) in [5.41, 5.74) is 1.46. The average Bonchev–Trinajstić information content (AvgIpc) is 2.17. The van der Waals surface area contributed by atoms with E-state index in [-0.39, 0.29) is 6.10 Å². The lowest BCUT2D eigenvalue weighted by Crippen LogP contribution is -2.05. The van der Waals surface area contributed by atoms with Crippen molar-refractivity contribution in [1.82, 2.24) is 0 Å². The van der Waals surface area contributed by atoms with E-state index in [9.17, 15) is 4.79 Å². The molecule has 13 heavy (non-hydrogen) atoms. The number of allylic oxidation sites excluding steroid dienone is 3. The van der Waals surface area contributed by atoms with Gasteiger partial charge in [0.15, 0.2) is 0 Å². The minimum absolute atomic E-state index is 0.0101. The molecule has 0 amide bonds. The molecule has 0 fully saturated rings. The van der Waals surface area contributed by atoms with Crippen LogP contribution in [0.1, 0.15) is 32.6 Å². The molecule has 1 atom stereocenters. The Hall–Kier alpha value is -1.05. The molecule has 0 spiro atoms. The maximum atomic E-state index is 10.0. The van der Waals surface area contributed by atoms with Crippen molar-refractivity contribution >= 4 is 6.47 Å². The third-order valence-electron chi connectivity index (χ3n) is 2.21. The smallest absolute Gasteiger partial charge is 0.293 e. The molecule has 1 aliphatic rings. The van der Waals surface area contributed by atoms with Crippen LogP contribution in [0.25, 0.3) is 0 Å². The van der Waals surface area contributed by atoms with Crippen LogP contribution >= 0.6 is 0 Å². The van der Waals surface area contributed by atoms with Crippen LogP contribution in [0.2, 0.25) is 0 Å². The van der Waals surface area contributed by atoms with Gasteiger partial charge in [0.1, 0.15) is 6.10 Å². The third kappa shape index (κ3) is 3.92. The van der Waals surface area contributed by atoms with Crippen molar-refractivity contribution in [3.8, 4) is 0 Å². The molecule has 0 heterocycles. The quantitative estimate of drug-likeness (QED) is 0.491. The van der Waals surface area contributed by atoms with Gasteiger partial charge in [-0.15, -0.1) is 0 Å². The van der Waals surface area contributed by atoms with Gasteiger partial charge in [0.2, 0.25) is 0 Å². The molecular weight excluding hydrogens is 164 g/mol. The van der Waals surface area contributed by atoms with Crippen molar-refractivity contribution in [3.05, 3.63) is 23.8 Å². The fourth-order valence-corrected chi connectivity index (χ4v) is 1.39. The summed E-state index contributed by atoms with van der Waals surface area (Å²) < 4.78 is 4.79. The first-order valence-electron chi connectivity index (χ1n) is 4.75. The second kappa shape index (κ2) is 5.57. The number of rotatable bonds is 4. The Morgan fingerprint density at radius 3 is 3.08 bits per heavy atom. The first-order chi connectivity index (χ1) is 6.33. The summed E-state index contributed by atoms with van der Waals surface area (Å²) in [6, 6.07) is 0. The van der Waals surface area contributed by atoms with Gasteiger partial charge in [-0.05, 0) is 26.2 Å². The van der Waals surface area contributed by atoms with Crippen LogP contribution in [-0.4, -0.2) is 12.6 Å². The summed E-state index contributed by atoms with van der Waals surface area (Å²) in [6.45, 7) is 2.42. The molecule has 0 saturated carbocycles. The zero-order valence-corrected chi connectivity index (χ0v) is 8.03. The molecule has 2 heteroatoms. The van der Waals surface area contributed by atoms with Gasteiger partial charge in [0.25, 0.3) is 6.47 Å². The molecule has 0 N–H and O–H groups in total. The molecule has 2 nitrogen and oxygen atoms in total. The summed E-state index contributed by atoms with van der Waals surface area (Å²) in [5.74, 6) is 0. The summed E-state index contributed by atoms with van der Waals surface area (Å²) in [7, 11) is 0. The number of hydrogen-bond donors (Lipinski definition) is 0. The lowest BCUT2D eigenvalue weighted by atomic mass is 9.99. The Bertz CT molecular complexity index is 216. The summed E-state index contributed by atoms with van der Waals surface area (Å²) in [5, 5.41) is 0. The van der Waals surface area contributed by atoms with E-state index >= 15 is 0 Å². The molecule has 0 bridgehead atoms. The van der Waals surface area contributed by atoms with E-state index in [0.29, 0.717) is 6.47 Å². The van der Waals surface area contributed by atoms with Crippen molar-refractivity contribution in [2.45, 2.75) is 38.7 Å². The second-order valence-electron chi connectivity index (χ2n) is 3.36. The first kappa shape index (κ1) is 10.0. The Morgan fingerprint density at radius 1 is 1.62 bits per heavy atom. The first-order valence-corrected chi connectivity index (χ1v) is 4.75. The van der Waals surface area contributed by atoms with E-state index < -0.39 is 0 Å². The summed E-state index contributed by atoms with van der Waals surface area (Å²) in [6.07, 6.45) is 10.8. The summed E-state index contributed by atoms with van der Waals surface area (Å²) >= 11 is 0. The second-order valence-corrected chi connectivity index (χ2v) is 3.36. The van der Waals surface area contributed by atoms with E-state index in [1.807, 2.05) is 6.92 Å². The van der Waals surface area contributed by atoms with Gasteiger partial charge in [-0.25, -0.2) is 0 Å². The lowest BCUT2D eigenvalue weighted by molar-refractivity contribution is -0.132. The maximum Gasteiger partial charge on any atom is 0.293 e. The van der Waals surface area contributed by atoms with Gasteiger partial charge in [-0.2, -0.15) is 0 Å². The van der Waals surface area contributed by atoms with Crippen LogP contribution in [0.3, 0.4) is 0 Å². The van der Waals surface area contributed by atoms with E-state index in [0.717, 1.165) is 25.7 Å². The highest BCUT2D eigenvalue weighted by atomic mass is 16.5. The van der Waals surface area contributed by atoms with E-state index in [2.05, 4.69) is 18.2 Å². The number of ether oxygens (including phenoxy) is 1. The topological polar surface area (TPSA) is 26.3 Å². The van der Waals surface area contributed by atoms with Gasteiger partial charge in [-0.1, -0.05) is 23.8 Å². The number of hydrogen-bond acceptors (Lipinski definition) is 2. The maximum absolute atomic E-state index is 10.0. The average molecular weight is 180 g/mol. The van der Waals surface area contributed by atoms with Gasteiger partial charge in [0, 0.05) is 6.42 Å². The highest BCUT2D eigenvalue weighted by Gasteiger charge is 2.02. The normalized spacial score (nSPS) is 21.5. The molecule has 0 aliphatic heterocycles. The van der Waals surface area contributed by atoms with Crippen molar-refractivity contribution in [2.24, 2.45) is 0 Å². The molecule has 72 valence electrons. The minimum Gasteiger partial charge on any atom is -0.465 e. The largest absolute Gasteiger partial charge is 0.465 e. The number of carbonyl (C=O) groups is 1. The van der Waals surface area contributed by atoms with Gasteiger partial charge >= 0.3 is 0 Å². The lowest BCUT2D eigenvalue weighted by Gasteiger charge is -2.10. The van der Waals surface area contributed by atoms with E-state index in [1.165, 1.54) is 5.57 Å². The molecule has 0 aromatic rings. The standard InChI is InChI=1S/C11H16O2/c1-10(13-9-12)7-8-11-5-3-2-4-6-11/h2-3,8-10H,4-7H2,1H3. The van der Waals surface area contributed by atoms with Crippen molar-refractivity contribution in [1.29, 1.82) is 0 Å². The fraction of sp³-hybridized carbons (Fsp3) is 0.545. The predicted octanol–water partition coefficient (Wildman–Crippen LogP) is 2.60. The van der Waals surface area contributed by atoms with Crippen LogP contribution < -0.4 is 0 Å². The Kier molecular flexibility index (Phi) is 4.30. The van der Waals surface area contributed by atoms with Crippen molar-refractivity contribution < 1.29 is 9.53 Å². The Balaban J connectivity index is 2.29. The zero-order valence-electron chi connectivity index (χ0n) is 8.03. The minimum atomic E-state index is 0.0101. The fourth-order valence-electron chi connectivity index (χ4n) is 1.39. The van der Waals surface area contributed by atoms with Crippen LogP contribution in [0, 0.1) is 0 Å². The molecule has 1 aliphatic carbocycles. The highest BCUT2D eigenvalue weighted by molar-refractivity contribution is 5.37. The molecule has 0 aromatic carbocycles. The SMILES string of the molecule is CC(CC=C1CC=CCC1)OC=O.